The third-order valence-electron chi connectivity index (χ3n) is 5.66. The molecule has 0 amide bonds. The third-order valence-corrected chi connectivity index (χ3v) is 7.18. The van der Waals surface area contributed by atoms with Crippen molar-refractivity contribution in [1.29, 1.82) is 0 Å². The predicted octanol–water partition coefficient (Wildman–Crippen LogP) is 5.00. The average molecular weight is 439 g/mol. The summed E-state index contributed by atoms with van der Waals surface area (Å²) in [6.45, 7) is 11.1. The van der Waals surface area contributed by atoms with Gasteiger partial charge in [-0.2, -0.15) is 13.2 Å². The Hall–Kier alpha value is -1.76. The van der Waals surface area contributed by atoms with Crippen LogP contribution in [0, 0.1) is 0 Å². The van der Waals surface area contributed by atoms with Crippen LogP contribution in [0.3, 0.4) is 0 Å². The number of anilines is 2. The normalized spacial score (nSPS) is 18.5. The fourth-order valence-electron chi connectivity index (χ4n) is 3.06. The molecule has 0 radical (unpaired) electrons. The van der Waals surface area contributed by atoms with E-state index in [-0.39, 0.29) is 0 Å². The largest absolute Gasteiger partial charge is 0.497 e. The first-order valence-corrected chi connectivity index (χ1v) is 12.2. The van der Waals surface area contributed by atoms with E-state index in [0.29, 0.717) is 22.1 Å². The van der Waals surface area contributed by atoms with Crippen molar-refractivity contribution in [3.8, 4) is 0 Å². The van der Waals surface area contributed by atoms with E-state index in [1.54, 1.807) is 31.5 Å². The van der Waals surface area contributed by atoms with Crippen LogP contribution in [0.15, 0.2) is 42.5 Å². The molecule has 0 aromatic heterocycles. The van der Waals surface area contributed by atoms with E-state index >= 15 is 0 Å². The minimum atomic E-state index is -4.39. The summed E-state index contributed by atoms with van der Waals surface area (Å²) in [5, 5.41) is 3.82. The van der Waals surface area contributed by atoms with E-state index in [1.165, 1.54) is 12.1 Å². The summed E-state index contributed by atoms with van der Waals surface area (Å²) in [6.07, 6.45) is -4.39. The maximum absolute atomic E-state index is 12.8. The summed E-state index contributed by atoms with van der Waals surface area (Å²) in [6, 6.07) is 10.1. The van der Waals surface area contributed by atoms with Crippen LogP contribution in [0.5, 0.6) is 0 Å². The smallest absolute Gasteiger partial charge is 0.399 e. The lowest BCUT2D eigenvalue weighted by Crippen LogP contribution is -2.41. The highest BCUT2D eigenvalue weighted by Crippen LogP contribution is 2.39. The molecule has 0 spiro atoms. The zero-order chi connectivity index (χ0) is 22.5. The summed E-state index contributed by atoms with van der Waals surface area (Å²) in [7, 11) is -3.25. The minimum absolute atomic E-state index is 0.490. The maximum atomic E-state index is 12.8. The molecule has 2 aromatic carbocycles. The van der Waals surface area contributed by atoms with E-state index in [0.717, 1.165) is 12.1 Å². The monoisotopic (exact) mass is 439 g/mol. The second-order valence-electron chi connectivity index (χ2n) is 8.91. The molecule has 0 bridgehead atoms. The molecule has 30 heavy (non-hydrogen) atoms. The highest BCUT2D eigenvalue weighted by Gasteiger charge is 2.52. The van der Waals surface area contributed by atoms with Crippen molar-refractivity contribution in [1.82, 2.24) is 0 Å². The number of hydrogen-bond donors (Lipinski definition) is 1. The van der Waals surface area contributed by atoms with Crippen molar-refractivity contribution < 1.29 is 27.0 Å². The Bertz CT molecular complexity index is 968. The number of rotatable bonds is 4. The van der Waals surface area contributed by atoms with E-state index < -0.39 is 37.2 Å². The summed E-state index contributed by atoms with van der Waals surface area (Å²) in [5.74, 6) is 0. The van der Waals surface area contributed by atoms with Crippen LogP contribution in [0.25, 0.3) is 0 Å². The Kier molecular flexibility index (Phi) is 5.68. The molecule has 1 aliphatic rings. The number of halogens is 3. The van der Waals surface area contributed by atoms with Crippen molar-refractivity contribution in [2.75, 3.05) is 18.6 Å². The van der Waals surface area contributed by atoms with Gasteiger partial charge in [0, 0.05) is 22.1 Å². The summed E-state index contributed by atoms with van der Waals surface area (Å²) >= 11 is 0. The fraction of sp³-hybridized carbons (Fsp3) is 0.429. The van der Waals surface area contributed by atoms with Crippen LogP contribution >= 0.6 is 7.14 Å². The molecular formula is C21H26BF3NO3P. The van der Waals surface area contributed by atoms with E-state index in [2.05, 4.69) is 5.32 Å². The van der Waals surface area contributed by atoms with E-state index in [4.69, 9.17) is 9.31 Å². The maximum Gasteiger partial charge on any atom is 0.497 e. The highest BCUT2D eigenvalue weighted by atomic mass is 31.2. The van der Waals surface area contributed by atoms with Crippen LogP contribution in [0.1, 0.15) is 33.3 Å². The Labute approximate surface area is 175 Å². The quantitative estimate of drug-likeness (QED) is 0.539. The van der Waals surface area contributed by atoms with Gasteiger partial charge < -0.3 is 19.2 Å². The van der Waals surface area contributed by atoms with Gasteiger partial charge in [-0.15, -0.1) is 0 Å². The van der Waals surface area contributed by atoms with Gasteiger partial charge in [0.15, 0.2) is 0 Å². The summed E-state index contributed by atoms with van der Waals surface area (Å²) in [4.78, 5) is 0. The average Bonchev–Trinajstić information content (AvgIpc) is 2.81. The second-order valence-corrected chi connectivity index (χ2v) is 12.1. The van der Waals surface area contributed by atoms with Crippen molar-refractivity contribution in [2.45, 2.75) is 45.1 Å². The van der Waals surface area contributed by atoms with Crippen molar-refractivity contribution in [3.63, 3.8) is 0 Å². The van der Waals surface area contributed by atoms with Gasteiger partial charge in [0.1, 0.15) is 7.14 Å². The topological polar surface area (TPSA) is 47.6 Å². The molecule has 1 saturated heterocycles. The van der Waals surface area contributed by atoms with Gasteiger partial charge in [-0.25, -0.2) is 0 Å². The number of nitrogens with one attached hydrogen (secondary N) is 1. The Morgan fingerprint density at radius 1 is 0.933 bits per heavy atom. The molecule has 2 aromatic rings. The first-order valence-electron chi connectivity index (χ1n) is 9.60. The van der Waals surface area contributed by atoms with Crippen molar-refractivity contribution in [2.24, 2.45) is 0 Å². The highest BCUT2D eigenvalue weighted by molar-refractivity contribution is 7.70. The third kappa shape index (κ3) is 4.61. The SMILES string of the molecule is CC1(C)OB(c2cc(P(C)(C)=O)ccc2Nc2ccc(C(F)(F)F)cc2)OC1(C)C. The van der Waals surface area contributed by atoms with Crippen molar-refractivity contribution >= 4 is 36.4 Å². The van der Waals surface area contributed by atoms with Gasteiger partial charge in [-0.05, 0) is 83.5 Å². The van der Waals surface area contributed by atoms with Crippen LogP contribution in [0.2, 0.25) is 0 Å². The van der Waals surface area contributed by atoms with Crippen LogP contribution in [-0.2, 0) is 20.1 Å². The molecule has 1 fully saturated rings. The van der Waals surface area contributed by atoms with Gasteiger partial charge in [0.25, 0.3) is 0 Å². The first kappa shape index (κ1) is 22.9. The Morgan fingerprint density at radius 2 is 1.47 bits per heavy atom. The lowest BCUT2D eigenvalue weighted by Gasteiger charge is -2.32. The van der Waals surface area contributed by atoms with Crippen LogP contribution in [-0.4, -0.2) is 31.7 Å². The zero-order valence-corrected chi connectivity index (χ0v) is 18.8. The molecule has 3 rings (SSSR count). The lowest BCUT2D eigenvalue weighted by atomic mass is 9.77. The molecule has 1 heterocycles. The molecule has 0 unspecified atom stereocenters. The molecule has 0 saturated carbocycles. The van der Waals surface area contributed by atoms with Crippen LogP contribution in [0.4, 0.5) is 24.5 Å². The van der Waals surface area contributed by atoms with E-state index in [1.807, 2.05) is 27.7 Å². The number of alkyl halides is 3. The first-order chi connectivity index (χ1) is 13.6. The van der Waals surface area contributed by atoms with Crippen molar-refractivity contribution in [3.05, 3.63) is 48.0 Å². The molecule has 4 nitrogen and oxygen atoms in total. The second kappa shape index (κ2) is 7.43. The fourth-order valence-corrected chi connectivity index (χ4v) is 3.95. The molecular weight excluding hydrogens is 413 g/mol. The van der Waals surface area contributed by atoms with E-state index in [9.17, 15) is 17.7 Å². The number of hydrogen-bond acceptors (Lipinski definition) is 4. The van der Waals surface area contributed by atoms with Gasteiger partial charge in [-0.1, -0.05) is 0 Å². The van der Waals surface area contributed by atoms with Gasteiger partial charge in [0.2, 0.25) is 0 Å². The summed E-state index contributed by atoms with van der Waals surface area (Å²) < 4.78 is 63.5. The summed E-state index contributed by atoms with van der Waals surface area (Å²) in [5.41, 5.74) is -0.0966. The molecule has 162 valence electrons. The van der Waals surface area contributed by atoms with Gasteiger partial charge >= 0.3 is 13.3 Å². The molecule has 1 aliphatic heterocycles. The number of benzene rings is 2. The zero-order valence-electron chi connectivity index (χ0n) is 17.9. The Balaban J connectivity index is 1.99. The van der Waals surface area contributed by atoms with Gasteiger partial charge in [0.05, 0.1) is 16.8 Å². The molecule has 0 aliphatic carbocycles. The predicted molar refractivity (Wildman–Crippen MR) is 116 cm³/mol. The Morgan fingerprint density at radius 3 is 1.93 bits per heavy atom. The van der Waals surface area contributed by atoms with Gasteiger partial charge in [-0.3, -0.25) is 0 Å². The molecule has 1 N–H and O–H groups in total. The molecule has 0 atom stereocenters. The van der Waals surface area contributed by atoms with Crippen LogP contribution < -0.4 is 16.1 Å². The standard InChI is InChI=1S/C21H26BF3NO3P/c1-19(2)20(3,4)29-22(28-19)17-13-16(30(5,6)27)11-12-18(17)26-15-9-7-14(8-10-15)21(23,24)25/h7-13,26H,1-6H3. The minimum Gasteiger partial charge on any atom is -0.399 e. The lowest BCUT2D eigenvalue weighted by molar-refractivity contribution is -0.137. The molecule has 9 heteroatoms.